The van der Waals surface area contributed by atoms with E-state index in [2.05, 4.69) is 9.27 Å². The van der Waals surface area contributed by atoms with Crippen LogP contribution in [0.2, 0.25) is 0 Å². The maximum absolute atomic E-state index is 11.9. The predicted octanol–water partition coefficient (Wildman–Crippen LogP) is 2.28. The van der Waals surface area contributed by atoms with E-state index < -0.39 is 0 Å². The molecule has 1 aromatic heterocycles. The molecular weight excluding hydrogens is 250 g/mol. The fraction of sp³-hybridized carbons (Fsp3) is 0.667. The van der Waals surface area contributed by atoms with Crippen molar-refractivity contribution in [1.82, 2.24) is 4.37 Å². The van der Waals surface area contributed by atoms with Crippen molar-refractivity contribution in [2.45, 2.75) is 38.6 Å². The van der Waals surface area contributed by atoms with Crippen molar-refractivity contribution >= 4 is 28.3 Å². The molecule has 1 saturated carbocycles. The lowest BCUT2D eigenvalue weighted by atomic mass is 10.2. The van der Waals surface area contributed by atoms with Crippen LogP contribution in [0.1, 0.15) is 43.0 Å². The first-order valence-electron chi connectivity index (χ1n) is 6.30. The highest BCUT2D eigenvalue weighted by atomic mass is 32.1. The van der Waals surface area contributed by atoms with Gasteiger partial charge in [0.15, 0.2) is 5.82 Å². The number of nitrogens with two attached hydrogens (primary N) is 1. The van der Waals surface area contributed by atoms with Gasteiger partial charge in [-0.3, -0.25) is 0 Å². The summed E-state index contributed by atoms with van der Waals surface area (Å²) >= 11 is 1.28. The molecule has 0 radical (unpaired) electrons. The lowest BCUT2D eigenvalue weighted by molar-refractivity contribution is 0.0528. The van der Waals surface area contributed by atoms with Crippen molar-refractivity contribution in [2.24, 2.45) is 0 Å². The Morgan fingerprint density at radius 3 is 2.83 bits per heavy atom. The molecule has 5 nitrogen and oxygen atoms in total. The summed E-state index contributed by atoms with van der Waals surface area (Å²) in [6.07, 6.45) is 4.82. The molecule has 0 bridgehead atoms. The molecule has 0 unspecified atom stereocenters. The first kappa shape index (κ1) is 13.1. The first-order chi connectivity index (χ1) is 8.65. The standard InChI is InChI=1S/C12H19N3O2S/c1-3-17-12(16)9-10(13)14-18-11(9)15(2)8-6-4-5-7-8/h8H,3-7H2,1-2H3,(H2,13,14). The smallest absolute Gasteiger partial charge is 0.345 e. The minimum Gasteiger partial charge on any atom is -0.462 e. The van der Waals surface area contributed by atoms with E-state index in [0.29, 0.717) is 18.2 Å². The maximum atomic E-state index is 11.9. The van der Waals surface area contributed by atoms with Crippen LogP contribution in [-0.2, 0) is 4.74 Å². The van der Waals surface area contributed by atoms with Gasteiger partial charge in [0.05, 0.1) is 6.61 Å². The van der Waals surface area contributed by atoms with E-state index >= 15 is 0 Å². The lowest BCUT2D eigenvalue weighted by Crippen LogP contribution is -2.29. The summed E-state index contributed by atoms with van der Waals surface area (Å²) in [5.74, 6) is -0.0955. The SMILES string of the molecule is CCOC(=O)c1c(N)nsc1N(C)C1CCCC1. The molecule has 1 aliphatic carbocycles. The number of anilines is 2. The number of hydrogen-bond acceptors (Lipinski definition) is 6. The number of carbonyl (C=O) groups is 1. The zero-order chi connectivity index (χ0) is 13.1. The summed E-state index contributed by atoms with van der Waals surface area (Å²) in [6, 6.07) is 0.484. The van der Waals surface area contributed by atoms with E-state index in [-0.39, 0.29) is 11.8 Å². The van der Waals surface area contributed by atoms with Gasteiger partial charge in [-0.15, -0.1) is 0 Å². The van der Waals surface area contributed by atoms with Gasteiger partial charge in [-0.25, -0.2) is 4.79 Å². The highest BCUT2D eigenvalue weighted by Gasteiger charge is 2.28. The number of aromatic nitrogens is 1. The van der Waals surface area contributed by atoms with Gasteiger partial charge < -0.3 is 15.4 Å². The molecule has 100 valence electrons. The quantitative estimate of drug-likeness (QED) is 0.849. The summed E-state index contributed by atoms with van der Waals surface area (Å²) in [4.78, 5) is 14.0. The second-order valence-electron chi connectivity index (χ2n) is 4.52. The van der Waals surface area contributed by atoms with Crippen LogP contribution in [0.15, 0.2) is 0 Å². The van der Waals surface area contributed by atoms with Gasteiger partial charge in [0, 0.05) is 13.1 Å². The molecule has 0 atom stereocenters. The van der Waals surface area contributed by atoms with E-state index in [0.717, 1.165) is 17.8 Å². The molecule has 0 aromatic carbocycles. The minimum atomic E-state index is -0.372. The summed E-state index contributed by atoms with van der Waals surface area (Å²) in [7, 11) is 2.01. The maximum Gasteiger partial charge on any atom is 0.345 e. The van der Waals surface area contributed by atoms with E-state index in [1.165, 1.54) is 24.4 Å². The van der Waals surface area contributed by atoms with Crippen molar-refractivity contribution in [2.75, 3.05) is 24.3 Å². The van der Waals surface area contributed by atoms with Crippen LogP contribution in [0.5, 0.6) is 0 Å². The molecular formula is C12H19N3O2S. The molecule has 2 rings (SSSR count). The third-order valence-electron chi connectivity index (χ3n) is 3.37. The van der Waals surface area contributed by atoms with Gasteiger partial charge >= 0.3 is 5.97 Å². The molecule has 6 heteroatoms. The van der Waals surface area contributed by atoms with Gasteiger partial charge in [0.1, 0.15) is 10.6 Å². The van der Waals surface area contributed by atoms with Crippen molar-refractivity contribution < 1.29 is 9.53 Å². The van der Waals surface area contributed by atoms with Crippen LogP contribution in [0.4, 0.5) is 10.8 Å². The minimum absolute atomic E-state index is 0.276. The summed E-state index contributed by atoms with van der Waals surface area (Å²) < 4.78 is 9.13. The van der Waals surface area contributed by atoms with E-state index in [9.17, 15) is 4.79 Å². The fourth-order valence-corrected chi connectivity index (χ4v) is 3.22. The van der Waals surface area contributed by atoms with Crippen LogP contribution in [0, 0.1) is 0 Å². The fourth-order valence-electron chi connectivity index (χ4n) is 2.39. The van der Waals surface area contributed by atoms with E-state index in [1.54, 1.807) is 6.92 Å². The van der Waals surface area contributed by atoms with E-state index in [1.807, 2.05) is 7.05 Å². The van der Waals surface area contributed by atoms with Crippen molar-refractivity contribution in [3.05, 3.63) is 5.56 Å². The van der Waals surface area contributed by atoms with Crippen LogP contribution in [-0.4, -0.2) is 30.0 Å². The topological polar surface area (TPSA) is 68.5 Å². The van der Waals surface area contributed by atoms with Gasteiger partial charge in [-0.05, 0) is 31.3 Å². The lowest BCUT2D eigenvalue weighted by Gasteiger charge is -2.25. The normalized spacial score (nSPS) is 15.9. The van der Waals surface area contributed by atoms with Gasteiger partial charge in [-0.2, -0.15) is 4.37 Å². The molecule has 2 N–H and O–H groups in total. The summed E-state index contributed by atoms with van der Waals surface area (Å²) in [5, 5.41) is 0.831. The zero-order valence-electron chi connectivity index (χ0n) is 10.8. The summed E-state index contributed by atoms with van der Waals surface area (Å²) in [5.41, 5.74) is 6.21. The van der Waals surface area contributed by atoms with Crippen molar-refractivity contribution in [3.8, 4) is 0 Å². The molecule has 1 fully saturated rings. The highest BCUT2D eigenvalue weighted by molar-refractivity contribution is 7.11. The number of nitrogens with zero attached hydrogens (tertiary/aromatic N) is 2. The average Bonchev–Trinajstić information content (AvgIpc) is 2.97. The zero-order valence-corrected chi connectivity index (χ0v) is 11.6. The van der Waals surface area contributed by atoms with Gasteiger partial charge in [-0.1, -0.05) is 12.8 Å². The number of carbonyl (C=O) groups excluding carboxylic acids is 1. The van der Waals surface area contributed by atoms with Crippen LogP contribution in [0.3, 0.4) is 0 Å². The third kappa shape index (κ3) is 2.43. The Morgan fingerprint density at radius 1 is 1.56 bits per heavy atom. The molecule has 18 heavy (non-hydrogen) atoms. The Labute approximate surface area is 111 Å². The molecule has 1 heterocycles. The number of ether oxygens (including phenoxy) is 1. The third-order valence-corrected chi connectivity index (χ3v) is 4.33. The Bertz CT molecular complexity index is 427. The molecule has 1 aromatic rings. The monoisotopic (exact) mass is 269 g/mol. The van der Waals surface area contributed by atoms with Crippen LogP contribution < -0.4 is 10.6 Å². The molecule has 0 spiro atoms. The average molecular weight is 269 g/mol. The Kier molecular flexibility index (Phi) is 4.06. The first-order valence-corrected chi connectivity index (χ1v) is 7.07. The number of rotatable bonds is 4. The van der Waals surface area contributed by atoms with E-state index in [4.69, 9.17) is 10.5 Å². The molecule has 0 aliphatic heterocycles. The van der Waals surface area contributed by atoms with Crippen molar-refractivity contribution in [3.63, 3.8) is 0 Å². The highest BCUT2D eigenvalue weighted by Crippen LogP contribution is 2.35. The Hall–Kier alpha value is -1.30. The Morgan fingerprint density at radius 2 is 2.22 bits per heavy atom. The van der Waals surface area contributed by atoms with Gasteiger partial charge in [0.25, 0.3) is 0 Å². The molecule has 0 saturated heterocycles. The van der Waals surface area contributed by atoms with Crippen LogP contribution in [0.25, 0.3) is 0 Å². The van der Waals surface area contributed by atoms with Crippen LogP contribution >= 0.6 is 11.5 Å². The number of nitrogen functional groups attached to an aromatic ring is 1. The second kappa shape index (κ2) is 5.56. The number of esters is 1. The summed E-state index contributed by atoms with van der Waals surface area (Å²) in [6.45, 7) is 2.13. The predicted molar refractivity (Wildman–Crippen MR) is 73.1 cm³/mol. The Balaban J connectivity index is 2.24. The molecule has 1 aliphatic rings. The van der Waals surface area contributed by atoms with Gasteiger partial charge in [0.2, 0.25) is 0 Å². The largest absolute Gasteiger partial charge is 0.462 e. The van der Waals surface area contributed by atoms with Crippen molar-refractivity contribution in [1.29, 1.82) is 0 Å². The molecule has 0 amide bonds. The second-order valence-corrected chi connectivity index (χ2v) is 5.27. The number of hydrogen-bond donors (Lipinski definition) is 1.